The molecule has 6 nitrogen and oxygen atoms in total. The van der Waals surface area contributed by atoms with Crippen LogP contribution in [0.15, 0.2) is 30.3 Å². The SMILES string of the molecule is CCNN(CC)c1ccccc1.O=S(=O)(O)O. The Morgan fingerprint density at radius 2 is 1.65 bits per heavy atom. The molecule has 0 fully saturated rings. The van der Waals surface area contributed by atoms with Gasteiger partial charge in [0, 0.05) is 13.1 Å². The van der Waals surface area contributed by atoms with Crippen molar-refractivity contribution in [2.24, 2.45) is 0 Å². The van der Waals surface area contributed by atoms with Crippen LogP contribution >= 0.6 is 0 Å². The highest BCUT2D eigenvalue weighted by Crippen LogP contribution is 2.09. The van der Waals surface area contributed by atoms with Crippen LogP contribution in [-0.2, 0) is 10.4 Å². The van der Waals surface area contributed by atoms with Gasteiger partial charge < -0.3 is 5.01 Å². The van der Waals surface area contributed by atoms with E-state index in [4.69, 9.17) is 17.5 Å². The number of nitrogens with zero attached hydrogens (tertiary/aromatic N) is 1. The van der Waals surface area contributed by atoms with Gasteiger partial charge in [0.25, 0.3) is 0 Å². The lowest BCUT2D eigenvalue weighted by Gasteiger charge is -2.22. The molecule has 1 aromatic rings. The van der Waals surface area contributed by atoms with E-state index >= 15 is 0 Å². The Balaban J connectivity index is 0.000000437. The number of benzene rings is 1. The third-order valence-electron chi connectivity index (χ3n) is 1.73. The molecule has 17 heavy (non-hydrogen) atoms. The van der Waals surface area contributed by atoms with Crippen LogP contribution in [0.25, 0.3) is 0 Å². The first-order valence-corrected chi connectivity index (χ1v) is 6.54. The van der Waals surface area contributed by atoms with Crippen LogP contribution in [0.2, 0.25) is 0 Å². The highest BCUT2D eigenvalue weighted by Gasteiger charge is 1.98. The van der Waals surface area contributed by atoms with Gasteiger partial charge in [-0.25, -0.2) is 5.43 Å². The van der Waals surface area contributed by atoms with Gasteiger partial charge in [0.05, 0.1) is 5.69 Å². The van der Waals surface area contributed by atoms with E-state index in [2.05, 4.69) is 48.5 Å². The summed E-state index contributed by atoms with van der Waals surface area (Å²) in [4.78, 5) is 0. The summed E-state index contributed by atoms with van der Waals surface area (Å²) in [6.45, 7) is 6.18. The predicted octanol–water partition coefficient (Wildman–Crippen LogP) is 1.38. The molecule has 0 aliphatic rings. The van der Waals surface area contributed by atoms with Gasteiger partial charge in [0.15, 0.2) is 0 Å². The van der Waals surface area contributed by atoms with Crippen LogP contribution in [0.5, 0.6) is 0 Å². The maximum atomic E-state index is 8.74. The van der Waals surface area contributed by atoms with Crippen LogP contribution in [-0.4, -0.2) is 30.6 Å². The minimum absolute atomic E-state index is 0.961. The molecular weight excluding hydrogens is 244 g/mol. The molecule has 0 atom stereocenters. The van der Waals surface area contributed by atoms with E-state index in [9.17, 15) is 0 Å². The fourth-order valence-corrected chi connectivity index (χ4v) is 1.18. The van der Waals surface area contributed by atoms with Crippen LogP contribution < -0.4 is 10.4 Å². The quantitative estimate of drug-likeness (QED) is 0.561. The van der Waals surface area contributed by atoms with Gasteiger partial charge in [-0.1, -0.05) is 25.1 Å². The second-order valence-corrected chi connectivity index (χ2v) is 3.93. The van der Waals surface area contributed by atoms with Crippen molar-refractivity contribution >= 4 is 16.1 Å². The van der Waals surface area contributed by atoms with Crippen molar-refractivity contribution in [3.63, 3.8) is 0 Å². The second-order valence-electron chi connectivity index (χ2n) is 3.04. The average molecular weight is 262 g/mol. The first-order chi connectivity index (χ1) is 7.88. The largest absolute Gasteiger partial charge is 0.394 e. The van der Waals surface area contributed by atoms with Crippen molar-refractivity contribution in [3.05, 3.63) is 30.3 Å². The number of hydrogen-bond donors (Lipinski definition) is 3. The zero-order valence-corrected chi connectivity index (χ0v) is 10.7. The zero-order valence-electron chi connectivity index (χ0n) is 9.87. The van der Waals surface area contributed by atoms with Crippen molar-refractivity contribution < 1.29 is 17.5 Å². The summed E-state index contributed by atoms with van der Waals surface area (Å²) < 4.78 is 31.6. The van der Waals surface area contributed by atoms with E-state index < -0.39 is 10.4 Å². The summed E-state index contributed by atoms with van der Waals surface area (Å²) in [6.07, 6.45) is 0. The Bertz CT molecular complexity index is 386. The Hall–Kier alpha value is -1.15. The van der Waals surface area contributed by atoms with E-state index in [-0.39, 0.29) is 0 Å². The number of nitrogens with one attached hydrogen (secondary N) is 1. The number of hydrogen-bond acceptors (Lipinski definition) is 4. The predicted molar refractivity (Wildman–Crippen MR) is 67.3 cm³/mol. The number of rotatable bonds is 4. The van der Waals surface area contributed by atoms with Crippen molar-refractivity contribution in [1.82, 2.24) is 5.43 Å². The summed E-state index contributed by atoms with van der Waals surface area (Å²) in [6, 6.07) is 10.3. The van der Waals surface area contributed by atoms with Gasteiger partial charge in [0.1, 0.15) is 0 Å². The number of para-hydroxylation sites is 1. The molecule has 0 aliphatic carbocycles. The molecule has 1 rings (SSSR count). The van der Waals surface area contributed by atoms with Crippen LogP contribution in [0.1, 0.15) is 13.8 Å². The van der Waals surface area contributed by atoms with Gasteiger partial charge in [-0.3, -0.25) is 9.11 Å². The van der Waals surface area contributed by atoms with Gasteiger partial charge in [-0.05, 0) is 19.1 Å². The third kappa shape index (κ3) is 9.76. The Morgan fingerprint density at radius 1 is 1.18 bits per heavy atom. The van der Waals surface area contributed by atoms with E-state index in [1.807, 2.05) is 6.07 Å². The summed E-state index contributed by atoms with van der Waals surface area (Å²) >= 11 is 0. The van der Waals surface area contributed by atoms with Gasteiger partial charge in [-0.15, -0.1) is 0 Å². The zero-order chi connectivity index (χ0) is 13.3. The lowest BCUT2D eigenvalue weighted by molar-refractivity contribution is 0.381. The summed E-state index contributed by atoms with van der Waals surface area (Å²) in [5.74, 6) is 0. The van der Waals surface area contributed by atoms with Crippen molar-refractivity contribution in [1.29, 1.82) is 0 Å². The topological polar surface area (TPSA) is 89.9 Å². The summed E-state index contributed by atoms with van der Waals surface area (Å²) in [5.41, 5.74) is 4.51. The molecule has 0 bridgehead atoms. The summed E-state index contributed by atoms with van der Waals surface area (Å²) in [7, 11) is -4.67. The number of anilines is 1. The standard InChI is InChI=1S/C10H16N2.H2O4S/c1-3-11-12(4-2)10-8-6-5-7-9-10;1-5(2,3)4/h5-9,11H,3-4H2,1-2H3;(H2,1,2,3,4). The maximum absolute atomic E-state index is 8.74. The minimum Gasteiger partial charge on any atom is -0.309 e. The molecule has 7 heteroatoms. The fourth-order valence-electron chi connectivity index (χ4n) is 1.18. The molecular formula is C10H18N2O4S. The van der Waals surface area contributed by atoms with Crippen LogP contribution in [0.4, 0.5) is 5.69 Å². The molecule has 0 spiro atoms. The van der Waals surface area contributed by atoms with Gasteiger partial charge in [0.2, 0.25) is 0 Å². The van der Waals surface area contributed by atoms with Crippen LogP contribution in [0.3, 0.4) is 0 Å². The normalized spacial score (nSPS) is 10.4. The first-order valence-electron chi connectivity index (χ1n) is 5.14. The molecule has 3 N–H and O–H groups in total. The van der Waals surface area contributed by atoms with E-state index in [0.717, 1.165) is 13.1 Å². The molecule has 0 aromatic heterocycles. The molecule has 0 radical (unpaired) electrons. The second kappa shape index (κ2) is 8.02. The highest BCUT2D eigenvalue weighted by molar-refractivity contribution is 7.79. The Kier molecular flexibility index (Phi) is 7.47. The lowest BCUT2D eigenvalue weighted by atomic mass is 10.3. The molecule has 0 aliphatic heterocycles. The molecule has 0 amide bonds. The number of hydrazine groups is 1. The van der Waals surface area contributed by atoms with E-state index in [0.29, 0.717) is 0 Å². The smallest absolute Gasteiger partial charge is 0.309 e. The third-order valence-corrected chi connectivity index (χ3v) is 1.73. The first kappa shape index (κ1) is 15.9. The fraction of sp³-hybridized carbons (Fsp3) is 0.400. The molecule has 0 saturated heterocycles. The van der Waals surface area contributed by atoms with Crippen LogP contribution in [0, 0.1) is 0 Å². The Morgan fingerprint density at radius 3 is 2.00 bits per heavy atom. The average Bonchev–Trinajstić information content (AvgIpc) is 2.25. The molecule has 0 heterocycles. The molecule has 1 aromatic carbocycles. The van der Waals surface area contributed by atoms with E-state index in [1.165, 1.54) is 5.69 Å². The van der Waals surface area contributed by atoms with E-state index in [1.54, 1.807) is 0 Å². The maximum Gasteiger partial charge on any atom is 0.394 e. The lowest BCUT2D eigenvalue weighted by Crippen LogP contribution is -2.37. The van der Waals surface area contributed by atoms with Gasteiger partial charge in [-0.2, -0.15) is 8.42 Å². The monoisotopic (exact) mass is 262 g/mol. The minimum atomic E-state index is -4.67. The highest BCUT2D eigenvalue weighted by atomic mass is 32.3. The summed E-state index contributed by atoms with van der Waals surface area (Å²) in [5, 5.41) is 2.14. The van der Waals surface area contributed by atoms with Crippen molar-refractivity contribution in [2.75, 3.05) is 18.1 Å². The van der Waals surface area contributed by atoms with Crippen molar-refractivity contribution in [3.8, 4) is 0 Å². The van der Waals surface area contributed by atoms with Crippen molar-refractivity contribution in [2.45, 2.75) is 13.8 Å². The molecule has 98 valence electrons. The Labute approximate surface area is 102 Å². The molecule has 0 unspecified atom stereocenters. The molecule has 0 saturated carbocycles. The van der Waals surface area contributed by atoms with Gasteiger partial charge >= 0.3 is 10.4 Å².